The van der Waals surface area contributed by atoms with Crippen LogP contribution in [-0.2, 0) is 15.8 Å². The first kappa shape index (κ1) is 16.4. The van der Waals surface area contributed by atoms with Crippen molar-refractivity contribution in [3.8, 4) is 0 Å². The maximum absolute atomic E-state index is 12.4. The summed E-state index contributed by atoms with van der Waals surface area (Å²) in [7, 11) is -3.60. The molecule has 0 atom stereocenters. The first-order valence-electron chi connectivity index (χ1n) is 7.15. The maximum atomic E-state index is 12.4. The Morgan fingerprint density at radius 3 is 2.18 bits per heavy atom. The zero-order valence-electron chi connectivity index (χ0n) is 13.2. The molecular weight excluding hydrogens is 302 g/mol. The highest BCUT2D eigenvalue weighted by molar-refractivity contribution is 7.91. The van der Waals surface area contributed by atoms with Gasteiger partial charge in [-0.05, 0) is 23.0 Å². The minimum absolute atomic E-state index is 0.139. The van der Waals surface area contributed by atoms with Gasteiger partial charge in [0.2, 0.25) is 10.0 Å². The Kier molecular flexibility index (Phi) is 4.80. The van der Waals surface area contributed by atoms with E-state index >= 15 is 0 Å². The first-order chi connectivity index (χ1) is 10.3. The van der Waals surface area contributed by atoms with Gasteiger partial charge in [-0.1, -0.05) is 51.1 Å². The van der Waals surface area contributed by atoms with Crippen molar-refractivity contribution < 1.29 is 8.42 Å². The summed E-state index contributed by atoms with van der Waals surface area (Å²) in [6.07, 6.45) is 0. The summed E-state index contributed by atoms with van der Waals surface area (Å²) in [5, 5.41) is 13.0. The van der Waals surface area contributed by atoms with Crippen molar-refractivity contribution in [1.29, 1.82) is 0 Å². The van der Waals surface area contributed by atoms with Crippen LogP contribution in [0.5, 0.6) is 0 Å². The molecule has 0 saturated heterocycles. The molecule has 0 spiro atoms. The Balaban J connectivity index is 2.39. The molecule has 1 aromatic heterocycles. The first-order valence-corrected chi connectivity index (χ1v) is 8.81. The van der Waals surface area contributed by atoms with Crippen molar-refractivity contribution in [2.75, 3.05) is 4.72 Å². The number of aromatic nitrogens is 4. The molecule has 22 heavy (non-hydrogen) atoms. The summed E-state index contributed by atoms with van der Waals surface area (Å²) >= 11 is 0. The van der Waals surface area contributed by atoms with Gasteiger partial charge in [0.05, 0.1) is 5.69 Å². The molecule has 7 nitrogen and oxygen atoms in total. The van der Waals surface area contributed by atoms with Gasteiger partial charge >= 0.3 is 0 Å². The van der Waals surface area contributed by atoms with Gasteiger partial charge in [-0.25, -0.2) is 8.42 Å². The van der Waals surface area contributed by atoms with E-state index in [0.717, 1.165) is 11.1 Å². The molecule has 1 aromatic carbocycles. The lowest BCUT2D eigenvalue weighted by atomic mass is 9.93. The lowest BCUT2D eigenvalue weighted by Gasteiger charge is -2.20. The lowest BCUT2D eigenvalue weighted by molar-refractivity contribution is 0.598. The molecule has 0 saturated carbocycles. The molecule has 1 heterocycles. The normalized spacial score (nSPS) is 12.1. The molecule has 2 aromatic rings. The highest BCUT2D eigenvalue weighted by Gasteiger charge is 2.20. The van der Waals surface area contributed by atoms with Gasteiger partial charge in [-0.15, -0.1) is 10.2 Å². The SMILES string of the molecule is CC(C)c1cccc(C(C)C)c1NS(=O)(=O)Cc1nn[nH]n1. The van der Waals surface area contributed by atoms with E-state index in [0.29, 0.717) is 5.69 Å². The van der Waals surface area contributed by atoms with Crippen LogP contribution in [-0.4, -0.2) is 29.0 Å². The Morgan fingerprint density at radius 2 is 1.73 bits per heavy atom. The third kappa shape index (κ3) is 3.82. The fraction of sp³-hybridized carbons (Fsp3) is 0.500. The van der Waals surface area contributed by atoms with E-state index in [4.69, 9.17) is 0 Å². The molecule has 0 aliphatic heterocycles. The monoisotopic (exact) mass is 323 g/mol. The van der Waals surface area contributed by atoms with Crippen molar-refractivity contribution in [3.05, 3.63) is 35.2 Å². The van der Waals surface area contributed by atoms with E-state index in [1.807, 2.05) is 45.9 Å². The van der Waals surface area contributed by atoms with Crippen LogP contribution in [0.1, 0.15) is 56.5 Å². The molecule has 0 unspecified atom stereocenters. The number of benzene rings is 1. The number of rotatable bonds is 6. The van der Waals surface area contributed by atoms with E-state index in [9.17, 15) is 8.42 Å². The molecule has 8 heteroatoms. The smallest absolute Gasteiger partial charge is 0.240 e. The van der Waals surface area contributed by atoms with Gasteiger partial charge in [0.25, 0.3) is 0 Å². The van der Waals surface area contributed by atoms with Crippen LogP contribution in [0.3, 0.4) is 0 Å². The number of anilines is 1. The van der Waals surface area contributed by atoms with Gasteiger partial charge in [-0.3, -0.25) is 4.72 Å². The number of tetrazole rings is 1. The summed E-state index contributed by atoms with van der Waals surface area (Å²) in [6, 6.07) is 5.85. The standard InChI is InChI=1S/C14H21N5O2S/c1-9(2)11-6-5-7-12(10(3)4)14(11)17-22(20,21)8-13-15-18-19-16-13/h5-7,9-10,17H,8H2,1-4H3,(H,15,16,18,19). The van der Waals surface area contributed by atoms with Crippen molar-refractivity contribution in [2.45, 2.75) is 45.3 Å². The van der Waals surface area contributed by atoms with Gasteiger partial charge in [0, 0.05) is 0 Å². The van der Waals surface area contributed by atoms with Crippen molar-refractivity contribution in [3.63, 3.8) is 0 Å². The van der Waals surface area contributed by atoms with Crippen LogP contribution < -0.4 is 4.72 Å². The zero-order chi connectivity index (χ0) is 16.3. The van der Waals surface area contributed by atoms with Crippen molar-refractivity contribution in [2.24, 2.45) is 0 Å². The van der Waals surface area contributed by atoms with Crippen molar-refractivity contribution >= 4 is 15.7 Å². The largest absolute Gasteiger partial charge is 0.283 e. The van der Waals surface area contributed by atoms with E-state index in [2.05, 4.69) is 25.3 Å². The second-order valence-corrected chi connectivity index (χ2v) is 7.53. The number of nitrogens with zero attached hydrogens (tertiary/aromatic N) is 3. The Labute approximate surface area is 130 Å². The number of H-pyrrole nitrogens is 1. The van der Waals surface area contributed by atoms with Crippen molar-refractivity contribution in [1.82, 2.24) is 20.6 Å². The highest BCUT2D eigenvalue weighted by atomic mass is 32.2. The van der Waals surface area contributed by atoms with Crippen LogP contribution in [0.4, 0.5) is 5.69 Å². The molecule has 0 bridgehead atoms. The quantitative estimate of drug-likeness (QED) is 0.850. The van der Waals surface area contributed by atoms with E-state index < -0.39 is 10.0 Å². The minimum atomic E-state index is -3.60. The molecule has 0 fully saturated rings. The molecule has 0 radical (unpaired) electrons. The summed E-state index contributed by atoms with van der Waals surface area (Å²) in [5.74, 6) is 0.247. The number of para-hydroxylation sites is 1. The fourth-order valence-electron chi connectivity index (χ4n) is 2.27. The average molecular weight is 323 g/mol. The number of hydrogen-bond donors (Lipinski definition) is 2. The molecule has 2 rings (SSSR count). The maximum Gasteiger partial charge on any atom is 0.240 e. The van der Waals surface area contributed by atoms with Crippen LogP contribution in [0.25, 0.3) is 0 Å². The second kappa shape index (κ2) is 6.43. The molecule has 0 aliphatic carbocycles. The Bertz CT molecular complexity index is 697. The summed E-state index contributed by atoms with van der Waals surface area (Å²) in [6.45, 7) is 8.15. The van der Waals surface area contributed by atoms with E-state index in [1.54, 1.807) is 0 Å². The van der Waals surface area contributed by atoms with Gasteiger partial charge in [0.15, 0.2) is 5.82 Å². The number of sulfonamides is 1. The average Bonchev–Trinajstić information content (AvgIpc) is 2.89. The Morgan fingerprint density at radius 1 is 1.14 bits per heavy atom. The third-order valence-corrected chi connectivity index (χ3v) is 4.49. The highest BCUT2D eigenvalue weighted by Crippen LogP contribution is 2.33. The predicted octanol–water partition coefficient (Wildman–Crippen LogP) is 2.39. The molecule has 120 valence electrons. The summed E-state index contributed by atoms with van der Waals surface area (Å²) < 4.78 is 27.5. The fourth-order valence-corrected chi connectivity index (χ4v) is 3.36. The predicted molar refractivity (Wildman–Crippen MR) is 85.0 cm³/mol. The van der Waals surface area contributed by atoms with Crippen LogP contribution >= 0.6 is 0 Å². The number of hydrogen-bond acceptors (Lipinski definition) is 5. The van der Waals surface area contributed by atoms with Gasteiger partial charge in [-0.2, -0.15) is 5.21 Å². The topological polar surface area (TPSA) is 101 Å². The van der Waals surface area contributed by atoms with Gasteiger partial charge in [0.1, 0.15) is 5.75 Å². The van der Waals surface area contributed by atoms with E-state index in [-0.39, 0.29) is 23.4 Å². The third-order valence-electron chi connectivity index (χ3n) is 3.34. The zero-order valence-corrected chi connectivity index (χ0v) is 14.0. The molecule has 0 aliphatic rings. The lowest BCUT2D eigenvalue weighted by Crippen LogP contribution is -2.19. The van der Waals surface area contributed by atoms with Crippen LogP contribution in [0.2, 0.25) is 0 Å². The molecule has 2 N–H and O–H groups in total. The molecular formula is C14H21N5O2S. The number of nitrogens with one attached hydrogen (secondary N) is 2. The van der Waals surface area contributed by atoms with E-state index in [1.165, 1.54) is 0 Å². The summed E-state index contributed by atoms with van der Waals surface area (Å²) in [5.41, 5.74) is 2.61. The summed E-state index contributed by atoms with van der Waals surface area (Å²) in [4.78, 5) is 0. The second-order valence-electron chi connectivity index (χ2n) is 5.81. The van der Waals surface area contributed by atoms with Gasteiger partial charge < -0.3 is 0 Å². The van der Waals surface area contributed by atoms with Crippen LogP contribution in [0.15, 0.2) is 18.2 Å². The Hall–Kier alpha value is -1.96. The minimum Gasteiger partial charge on any atom is -0.283 e. The number of aromatic amines is 1. The molecule has 0 amide bonds. The van der Waals surface area contributed by atoms with Crippen LogP contribution in [0, 0.1) is 0 Å².